The van der Waals surface area contributed by atoms with Crippen molar-refractivity contribution in [3.8, 4) is 5.88 Å². The maximum Gasteiger partial charge on any atom is 0.240 e. The van der Waals surface area contributed by atoms with E-state index in [1.54, 1.807) is 13.2 Å². The third kappa shape index (κ3) is 6.59. The number of carbonyl (C=O) groups is 1. The van der Waals surface area contributed by atoms with E-state index >= 15 is 0 Å². The molecular weight excluding hydrogens is 469 g/mol. The van der Waals surface area contributed by atoms with Gasteiger partial charge in [0, 0.05) is 37.8 Å². The number of allylic oxidation sites excluding steroid dienone is 1. The number of amides is 1. The maximum atomic E-state index is 14.3. The Labute approximate surface area is 216 Å². The van der Waals surface area contributed by atoms with Gasteiger partial charge in [0.2, 0.25) is 17.7 Å². The first-order valence-corrected chi connectivity index (χ1v) is 12.5. The summed E-state index contributed by atoms with van der Waals surface area (Å²) in [5, 5.41) is 12.8. The Hall–Kier alpha value is -4.04. The SMILES string of the molecule is CC/C(=C(/c1ccc(OCCNCCCC(=O)NC)nc1)c1ccc2[nH]nc(F)c2c1)c1ccccc1. The van der Waals surface area contributed by atoms with E-state index in [-0.39, 0.29) is 5.91 Å². The van der Waals surface area contributed by atoms with E-state index in [1.165, 1.54) is 0 Å². The van der Waals surface area contributed by atoms with Crippen LogP contribution in [-0.4, -0.2) is 47.8 Å². The van der Waals surface area contributed by atoms with Gasteiger partial charge in [0.05, 0.1) is 10.9 Å². The van der Waals surface area contributed by atoms with Gasteiger partial charge in [-0.2, -0.15) is 4.39 Å². The monoisotopic (exact) mass is 501 g/mol. The van der Waals surface area contributed by atoms with Crippen LogP contribution in [0.5, 0.6) is 5.88 Å². The fourth-order valence-corrected chi connectivity index (χ4v) is 4.28. The standard InChI is InChI=1S/C29H32FN5O2/c1-3-23(20-8-5-4-6-9-20)28(21-11-13-25-24(18-21)29(30)35-34-25)22-12-14-27(33-19-22)37-17-16-32-15-7-10-26(36)31-2/h4-6,8-9,11-14,18-19,32H,3,7,10,15-17H2,1-2H3,(H,31,36)(H,34,35)/b28-23-. The lowest BCUT2D eigenvalue weighted by Gasteiger charge is -2.16. The minimum absolute atomic E-state index is 0.0454. The van der Waals surface area contributed by atoms with Gasteiger partial charge in [-0.05, 0) is 59.9 Å². The highest BCUT2D eigenvalue weighted by atomic mass is 19.1. The minimum Gasteiger partial charge on any atom is -0.476 e. The van der Waals surface area contributed by atoms with Gasteiger partial charge in [-0.3, -0.25) is 9.89 Å². The summed E-state index contributed by atoms with van der Waals surface area (Å²) in [6.07, 6.45) is 3.87. The second-order valence-electron chi connectivity index (χ2n) is 8.61. The van der Waals surface area contributed by atoms with E-state index in [0.29, 0.717) is 36.4 Å². The van der Waals surface area contributed by atoms with Crippen molar-refractivity contribution in [1.82, 2.24) is 25.8 Å². The van der Waals surface area contributed by atoms with Gasteiger partial charge in [-0.25, -0.2) is 4.98 Å². The molecule has 0 aliphatic carbocycles. The highest BCUT2D eigenvalue weighted by Crippen LogP contribution is 2.35. The molecule has 7 nitrogen and oxygen atoms in total. The number of nitrogens with one attached hydrogen (secondary N) is 3. The summed E-state index contributed by atoms with van der Waals surface area (Å²) in [6.45, 7) is 3.99. The lowest BCUT2D eigenvalue weighted by atomic mass is 9.88. The Morgan fingerprint density at radius 2 is 1.84 bits per heavy atom. The van der Waals surface area contributed by atoms with Crippen LogP contribution in [0.3, 0.4) is 0 Å². The van der Waals surface area contributed by atoms with Gasteiger partial charge >= 0.3 is 0 Å². The van der Waals surface area contributed by atoms with Crippen LogP contribution in [0.25, 0.3) is 22.0 Å². The fraction of sp³-hybridized carbons (Fsp3) is 0.276. The second-order valence-corrected chi connectivity index (χ2v) is 8.61. The Balaban J connectivity index is 1.53. The molecule has 0 saturated carbocycles. The van der Waals surface area contributed by atoms with Gasteiger partial charge in [-0.1, -0.05) is 43.3 Å². The lowest BCUT2D eigenvalue weighted by molar-refractivity contribution is -0.120. The van der Waals surface area contributed by atoms with Crippen LogP contribution >= 0.6 is 0 Å². The number of aromatic nitrogens is 3. The van der Waals surface area contributed by atoms with Gasteiger partial charge in [-0.15, -0.1) is 5.10 Å². The molecule has 0 aliphatic heterocycles. The number of benzene rings is 2. The number of halogens is 1. The van der Waals surface area contributed by atoms with Crippen LogP contribution in [0.15, 0.2) is 66.9 Å². The summed E-state index contributed by atoms with van der Waals surface area (Å²) in [4.78, 5) is 15.8. The van der Waals surface area contributed by atoms with Crippen LogP contribution in [0.1, 0.15) is 42.9 Å². The first-order valence-electron chi connectivity index (χ1n) is 12.5. The molecule has 0 unspecified atom stereocenters. The summed E-state index contributed by atoms with van der Waals surface area (Å²) in [5.41, 5.74) is 5.71. The molecule has 0 fully saturated rings. The van der Waals surface area contributed by atoms with E-state index in [9.17, 15) is 9.18 Å². The van der Waals surface area contributed by atoms with Crippen LogP contribution in [0, 0.1) is 5.95 Å². The Kier molecular flexibility index (Phi) is 8.99. The number of aromatic amines is 1. The first kappa shape index (κ1) is 26.0. The predicted octanol–water partition coefficient (Wildman–Crippen LogP) is 4.96. The molecule has 0 bridgehead atoms. The van der Waals surface area contributed by atoms with Gasteiger partial charge in [0.25, 0.3) is 0 Å². The quantitative estimate of drug-likeness (QED) is 0.189. The van der Waals surface area contributed by atoms with Crippen molar-refractivity contribution in [2.45, 2.75) is 26.2 Å². The van der Waals surface area contributed by atoms with E-state index in [0.717, 1.165) is 47.2 Å². The molecule has 0 spiro atoms. The molecule has 0 atom stereocenters. The topological polar surface area (TPSA) is 91.9 Å². The van der Waals surface area contributed by atoms with Gasteiger partial charge in [0.15, 0.2) is 0 Å². The number of carbonyl (C=O) groups excluding carboxylic acids is 1. The molecule has 2 aromatic carbocycles. The fourth-order valence-electron chi connectivity index (χ4n) is 4.28. The number of nitrogens with zero attached hydrogens (tertiary/aromatic N) is 2. The average Bonchev–Trinajstić information content (AvgIpc) is 3.31. The molecule has 4 rings (SSSR count). The van der Waals surface area contributed by atoms with E-state index in [2.05, 4.69) is 44.9 Å². The summed E-state index contributed by atoms with van der Waals surface area (Å²) in [7, 11) is 1.64. The highest BCUT2D eigenvalue weighted by molar-refractivity contribution is 6.00. The molecule has 37 heavy (non-hydrogen) atoms. The second kappa shape index (κ2) is 12.8. The van der Waals surface area contributed by atoms with Gasteiger partial charge in [0.1, 0.15) is 6.61 Å². The third-order valence-corrected chi connectivity index (χ3v) is 6.17. The molecule has 8 heteroatoms. The zero-order valence-corrected chi connectivity index (χ0v) is 21.2. The van der Waals surface area contributed by atoms with Crippen molar-refractivity contribution < 1.29 is 13.9 Å². The molecule has 0 aliphatic rings. The summed E-state index contributed by atoms with van der Waals surface area (Å²) >= 11 is 0. The third-order valence-electron chi connectivity index (χ3n) is 6.17. The Bertz CT molecular complexity index is 1350. The van der Waals surface area contributed by atoms with Crippen LogP contribution in [-0.2, 0) is 4.79 Å². The smallest absolute Gasteiger partial charge is 0.240 e. The van der Waals surface area contributed by atoms with Crippen molar-refractivity contribution in [1.29, 1.82) is 0 Å². The molecular formula is C29H32FN5O2. The zero-order chi connectivity index (χ0) is 26.0. The van der Waals surface area contributed by atoms with Crippen molar-refractivity contribution in [3.05, 3.63) is 89.5 Å². The lowest BCUT2D eigenvalue weighted by Crippen LogP contribution is -2.24. The zero-order valence-electron chi connectivity index (χ0n) is 21.2. The van der Waals surface area contributed by atoms with E-state index < -0.39 is 5.95 Å². The van der Waals surface area contributed by atoms with Crippen molar-refractivity contribution in [2.75, 3.05) is 26.7 Å². The predicted molar refractivity (Wildman–Crippen MR) is 145 cm³/mol. The highest BCUT2D eigenvalue weighted by Gasteiger charge is 2.16. The number of ether oxygens (including phenoxy) is 1. The first-order chi connectivity index (χ1) is 18.1. The maximum absolute atomic E-state index is 14.3. The molecule has 3 N–H and O–H groups in total. The van der Waals surface area contributed by atoms with Crippen LogP contribution in [0.4, 0.5) is 4.39 Å². The number of hydrogen-bond donors (Lipinski definition) is 3. The van der Waals surface area contributed by atoms with Crippen molar-refractivity contribution in [3.63, 3.8) is 0 Å². The number of rotatable bonds is 12. The molecule has 1 amide bonds. The molecule has 0 saturated heterocycles. The number of H-pyrrole nitrogens is 1. The summed E-state index contributed by atoms with van der Waals surface area (Å²) in [6, 6.07) is 19.7. The van der Waals surface area contributed by atoms with Crippen molar-refractivity contribution >= 4 is 28.0 Å². The average molecular weight is 502 g/mol. The largest absolute Gasteiger partial charge is 0.476 e. The number of hydrogen-bond acceptors (Lipinski definition) is 5. The number of fused-ring (bicyclic) bond motifs is 1. The summed E-state index contributed by atoms with van der Waals surface area (Å²) in [5.74, 6) is 0.0616. The van der Waals surface area contributed by atoms with E-state index in [1.807, 2.05) is 48.5 Å². The molecule has 2 aromatic heterocycles. The molecule has 2 heterocycles. The van der Waals surface area contributed by atoms with Crippen LogP contribution < -0.4 is 15.4 Å². The minimum atomic E-state index is -0.516. The number of pyridine rings is 1. The molecule has 192 valence electrons. The Morgan fingerprint density at radius 3 is 2.57 bits per heavy atom. The molecule has 4 aromatic rings. The van der Waals surface area contributed by atoms with Crippen LogP contribution in [0.2, 0.25) is 0 Å². The van der Waals surface area contributed by atoms with Gasteiger partial charge < -0.3 is 15.4 Å². The van der Waals surface area contributed by atoms with Crippen molar-refractivity contribution in [2.24, 2.45) is 0 Å². The summed E-state index contributed by atoms with van der Waals surface area (Å²) < 4.78 is 20.1. The normalized spacial score (nSPS) is 11.9. The Morgan fingerprint density at radius 1 is 1.03 bits per heavy atom. The van der Waals surface area contributed by atoms with E-state index in [4.69, 9.17) is 4.74 Å². The molecule has 0 radical (unpaired) electrons.